The van der Waals surface area contributed by atoms with Crippen LogP contribution in [0.3, 0.4) is 0 Å². The first-order valence-electron chi connectivity index (χ1n) is 12.3. The third-order valence-electron chi connectivity index (χ3n) is 7.16. The fourth-order valence-electron chi connectivity index (χ4n) is 4.93. The third-order valence-corrected chi connectivity index (χ3v) is 7.16. The lowest BCUT2D eigenvalue weighted by atomic mass is 9.78. The van der Waals surface area contributed by atoms with Crippen LogP contribution in [0.2, 0.25) is 0 Å². The molecule has 0 saturated heterocycles. The van der Waals surface area contributed by atoms with Gasteiger partial charge in [-0.2, -0.15) is 0 Å². The van der Waals surface area contributed by atoms with Gasteiger partial charge in [-0.15, -0.1) is 0 Å². The number of hydrogen-bond donors (Lipinski definition) is 3. The van der Waals surface area contributed by atoms with Gasteiger partial charge in [-0.1, -0.05) is 13.3 Å². The van der Waals surface area contributed by atoms with E-state index in [-0.39, 0.29) is 45.3 Å². The van der Waals surface area contributed by atoms with Crippen LogP contribution in [0.25, 0.3) is 33.4 Å². The van der Waals surface area contributed by atoms with Crippen LogP contribution >= 0.6 is 0 Å². The number of amides is 2. The summed E-state index contributed by atoms with van der Waals surface area (Å²) in [5.74, 6) is -2.75. The molecule has 0 bridgehead atoms. The van der Waals surface area contributed by atoms with E-state index in [1.165, 1.54) is 43.4 Å². The van der Waals surface area contributed by atoms with Gasteiger partial charge in [0, 0.05) is 53.0 Å². The first kappa shape index (κ1) is 25.4. The molecular formula is C29H26F3N3O3. The molecular weight excluding hydrogens is 495 g/mol. The number of fused-ring (bicyclic) bond motifs is 1. The van der Waals surface area contributed by atoms with Crippen molar-refractivity contribution < 1.29 is 27.2 Å². The Kier molecular flexibility index (Phi) is 6.60. The fourth-order valence-corrected chi connectivity index (χ4v) is 4.93. The quantitative estimate of drug-likeness (QED) is 0.269. The van der Waals surface area contributed by atoms with E-state index < -0.39 is 29.3 Å². The summed E-state index contributed by atoms with van der Waals surface area (Å²) < 4.78 is 49.2. The second kappa shape index (κ2) is 9.89. The number of carbonyl (C=O) groups is 2. The summed E-state index contributed by atoms with van der Waals surface area (Å²) in [5, 5.41) is 5.69. The Hall–Kier alpha value is -4.27. The summed E-state index contributed by atoms with van der Waals surface area (Å²) in [7, 11) is 1.45. The lowest BCUT2D eigenvalue weighted by Crippen LogP contribution is -2.44. The molecule has 38 heavy (non-hydrogen) atoms. The Bertz CT molecular complexity index is 1560. The average molecular weight is 522 g/mol. The van der Waals surface area contributed by atoms with Crippen LogP contribution in [0.15, 0.2) is 52.9 Å². The van der Waals surface area contributed by atoms with E-state index in [0.29, 0.717) is 22.9 Å². The number of halogens is 3. The topological polar surface area (TPSA) is 97.4 Å². The molecule has 1 aromatic heterocycles. The molecule has 0 radical (unpaired) electrons. The Labute approximate surface area is 217 Å². The number of nitrogen functional groups attached to an aromatic ring is 1. The van der Waals surface area contributed by atoms with Crippen molar-refractivity contribution in [3.63, 3.8) is 0 Å². The lowest BCUT2D eigenvalue weighted by Gasteiger charge is -2.35. The first-order valence-corrected chi connectivity index (χ1v) is 12.3. The van der Waals surface area contributed by atoms with Crippen LogP contribution in [-0.2, 0) is 0 Å². The predicted molar refractivity (Wildman–Crippen MR) is 139 cm³/mol. The molecule has 0 unspecified atom stereocenters. The molecule has 0 aliphatic heterocycles. The molecule has 9 heteroatoms. The fraction of sp³-hybridized carbons (Fsp3) is 0.241. The maximum absolute atomic E-state index is 15.1. The Balaban J connectivity index is 1.60. The van der Waals surface area contributed by atoms with Gasteiger partial charge in [-0.3, -0.25) is 9.59 Å². The third kappa shape index (κ3) is 4.49. The van der Waals surface area contributed by atoms with Gasteiger partial charge in [0.2, 0.25) is 0 Å². The van der Waals surface area contributed by atoms with E-state index in [1.54, 1.807) is 0 Å². The Morgan fingerprint density at radius 3 is 2.34 bits per heavy atom. The summed E-state index contributed by atoms with van der Waals surface area (Å²) in [5.41, 5.74) is 6.97. The number of furan rings is 1. The maximum atomic E-state index is 15.1. The molecule has 1 aliphatic rings. The highest BCUT2D eigenvalue weighted by Crippen LogP contribution is 2.40. The summed E-state index contributed by atoms with van der Waals surface area (Å²) in [4.78, 5) is 25.7. The normalized spacial score (nSPS) is 16.8. The molecule has 196 valence electrons. The molecule has 3 aromatic carbocycles. The minimum Gasteiger partial charge on any atom is -0.455 e. The predicted octanol–water partition coefficient (Wildman–Crippen LogP) is 6.04. The van der Waals surface area contributed by atoms with Crippen molar-refractivity contribution in [2.75, 3.05) is 12.8 Å². The van der Waals surface area contributed by atoms with Gasteiger partial charge >= 0.3 is 0 Å². The molecule has 5 rings (SSSR count). The van der Waals surface area contributed by atoms with E-state index >= 15 is 4.39 Å². The zero-order chi connectivity index (χ0) is 27.1. The number of nitrogens with two attached hydrogens (primary N) is 1. The van der Waals surface area contributed by atoms with E-state index in [4.69, 9.17) is 10.2 Å². The van der Waals surface area contributed by atoms with Gasteiger partial charge in [-0.05, 0) is 55.2 Å². The monoisotopic (exact) mass is 521 g/mol. The van der Waals surface area contributed by atoms with E-state index in [0.717, 1.165) is 25.3 Å². The van der Waals surface area contributed by atoms with Crippen molar-refractivity contribution in [2.45, 2.75) is 32.2 Å². The summed E-state index contributed by atoms with van der Waals surface area (Å²) in [6, 6.07) is 10.1. The van der Waals surface area contributed by atoms with Gasteiger partial charge < -0.3 is 20.8 Å². The summed E-state index contributed by atoms with van der Waals surface area (Å²) in [6.45, 7) is 2.08. The highest BCUT2D eigenvalue weighted by Gasteiger charge is 2.30. The number of benzene rings is 3. The molecule has 0 atom stereocenters. The van der Waals surface area contributed by atoms with Gasteiger partial charge in [0.25, 0.3) is 11.8 Å². The minimum atomic E-state index is -0.984. The number of hydrogen-bond acceptors (Lipinski definition) is 4. The van der Waals surface area contributed by atoms with Crippen molar-refractivity contribution in [1.29, 1.82) is 0 Å². The lowest BCUT2D eigenvalue weighted by molar-refractivity contribution is 0.0883. The number of rotatable bonds is 6. The number of carbonyl (C=O) groups excluding carboxylic acids is 2. The van der Waals surface area contributed by atoms with Crippen molar-refractivity contribution in [2.24, 2.45) is 5.92 Å². The second-order valence-corrected chi connectivity index (χ2v) is 9.56. The van der Waals surface area contributed by atoms with Crippen molar-refractivity contribution in [3.8, 4) is 22.5 Å². The summed E-state index contributed by atoms with van der Waals surface area (Å²) >= 11 is 0. The van der Waals surface area contributed by atoms with Crippen molar-refractivity contribution >= 4 is 28.5 Å². The maximum Gasteiger partial charge on any atom is 0.255 e. The molecule has 6 nitrogen and oxygen atoms in total. The highest BCUT2D eigenvalue weighted by molar-refractivity contribution is 6.12. The molecule has 1 heterocycles. The average Bonchev–Trinajstić information content (AvgIpc) is 3.23. The largest absolute Gasteiger partial charge is 0.455 e. The molecule has 1 saturated carbocycles. The van der Waals surface area contributed by atoms with Crippen LogP contribution < -0.4 is 16.4 Å². The number of nitrogens with one attached hydrogen (secondary N) is 2. The van der Waals surface area contributed by atoms with Crippen molar-refractivity contribution in [1.82, 2.24) is 10.6 Å². The van der Waals surface area contributed by atoms with E-state index in [9.17, 15) is 18.4 Å². The standard InChI is InChI=1S/C29H26F3N3O3/c1-3-14-8-17(9-14)35-28(36)20-10-18(22(31)12-23(20)32)19-11-21-25(13-24(19)33)38-27(26(21)29(37)34-2)15-4-6-16(30)7-5-15/h4-7,10-14,17H,3,8-9,33H2,1-2H3,(H,34,37)(H,35,36). The van der Waals surface area contributed by atoms with Crippen LogP contribution in [-0.4, -0.2) is 24.9 Å². The minimum absolute atomic E-state index is 0.0484. The summed E-state index contributed by atoms with van der Waals surface area (Å²) in [6.07, 6.45) is 2.65. The first-order chi connectivity index (χ1) is 18.2. The zero-order valence-electron chi connectivity index (χ0n) is 20.8. The Morgan fingerprint density at radius 2 is 1.68 bits per heavy atom. The smallest absolute Gasteiger partial charge is 0.255 e. The highest BCUT2D eigenvalue weighted by atomic mass is 19.1. The SMILES string of the molecule is CCC1CC(NC(=O)c2cc(-c3cc4c(C(=O)NC)c(-c5ccc(F)cc5)oc4cc3N)c(F)cc2F)C1. The van der Waals surface area contributed by atoms with Gasteiger partial charge in [0.1, 0.15) is 28.8 Å². The second-order valence-electron chi connectivity index (χ2n) is 9.56. The van der Waals surface area contributed by atoms with Crippen LogP contribution in [0.1, 0.15) is 46.9 Å². The van der Waals surface area contributed by atoms with Gasteiger partial charge in [0.15, 0.2) is 0 Å². The molecule has 0 spiro atoms. The van der Waals surface area contributed by atoms with E-state index in [2.05, 4.69) is 17.6 Å². The van der Waals surface area contributed by atoms with Crippen LogP contribution in [0.5, 0.6) is 0 Å². The van der Waals surface area contributed by atoms with Gasteiger partial charge in [0.05, 0.1) is 11.1 Å². The van der Waals surface area contributed by atoms with Crippen LogP contribution in [0, 0.1) is 23.4 Å². The van der Waals surface area contributed by atoms with Crippen molar-refractivity contribution in [3.05, 3.63) is 77.1 Å². The van der Waals surface area contributed by atoms with E-state index in [1.807, 2.05) is 0 Å². The van der Waals surface area contributed by atoms with Gasteiger partial charge in [-0.25, -0.2) is 13.2 Å². The molecule has 1 aliphatic carbocycles. The molecule has 1 fully saturated rings. The zero-order valence-corrected chi connectivity index (χ0v) is 20.8. The molecule has 2 amide bonds. The number of anilines is 1. The molecule has 4 N–H and O–H groups in total. The Morgan fingerprint density at radius 1 is 0.974 bits per heavy atom. The molecule has 4 aromatic rings. The van der Waals surface area contributed by atoms with Crippen LogP contribution in [0.4, 0.5) is 18.9 Å².